The molecule has 0 radical (unpaired) electrons. The fraction of sp³-hybridized carbons (Fsp3) is 0.462. The Morgan fingerprint density at radius 2 is 2.29 bits per heavy atom. The maximum atomic E-state index is 12.8. The first-order chi connectivity index (χ1) is 9.46. The predicted octanol–water partition coefficient (Wildman–Crippen LogP) is 1.34. The van der Waals surface area contributed by atoms with Gasteiger partial charge in [0.05, 0.1) is 0 Å². The number of hydrogen-bond donors (Lipinski definition) is 2. The number of fused-ring (bicyclic) bond motifs is 1. The summed E-state index contributed by atoms with van der Waals surface area (Å²) in [4.78, 5) is 7.33. The van der Waals surface area contributed by atoms with E-state index in [1.807, 2.05) is 6.92 Å². The second-order valence-corrected chi connectivity index (χ2v) is 7.56. The van der Waals surface area contributed by atoms with Gasteiger partial charge in [-0.05, 0) is 30.5 Å². The molecule has 1 unspecified atom stereocenters. The Hall–Kier alpha value is -1.15. The third kappa shape index (κ3) is 2.66. The summed E-state index contributed by atoms with van der Waals surface area (Å²) in [5, 5.41) is 0.633. The molecule has 0 saturated carbocycles. The predicted molar refractivity (Wildman–Crippen MR) is 83.9 cm³/mol. The maximum absolute atomic E-state index is 12.8. The Balaban J connectivity index is 0.00000161. The SMILES string of the molecule is CC1(CN)CCN(S(=O)(=O)c2c[nH]c3ncccc23)C1.Cl. The van der Waals surface area contributed by atoms with Crippen LogP contribution in [0, 0.1) is 5.41 Å². The molecule has 8 heteroatoms. The Morgan fingerprint density at radius 1 is 1.52 bits per heavy atom. The van der Waals surface area contributed by atoms with Crippen LogP contribution >= 0.6 is 12.4 Å². The normalized spacial score (nSPS) is 23.3. The molecule has 3 N–H and O–H groups in total. The summed E-state index contributed by atoms with van der Waals surface area (Å²) in [6, 6.07) is 3.51. The minimum Gasteiger partial charge on any atom is -0.345 e. The second-order valence-electron chi connectivity index (χ2n) is 5.66. The van der Waals surface area contributed by atoms with Crippen molar-refractivity contribution in [3.63, 3.8) is 0 Å². The van der Waals surface area contributed by atoms with Crippen molar-refractivity contribution in [1.29, 1.82) is 0 Å². The van der Waals surface area contributed by atoms with Gasteiger partial charge in [-0.3, -0.25) is 0 Å². The zero-order valence-electron chi connectivity index (χ0n) is 11.7. The van der Waals surface area contributed by atoms with Crippen LogP contribution < -0.4 is 5.73 Å². The number of sulfonamides is 1. The van der Waals surface area contributed by atoms with Crippen LogP contribution in [0.1, 0.15) is 13.3 Å². The number of hydrogen-bond acceptors (Lipinski definition) is 4. The third-order valence-corrected chi connectivity index (χ3v) is 5.93. The lowest BCUT2D eigenvalue weighted by Gasteiger charge is -2.22. The van der Waals surface area contributed by atoms with Gasteiger partial charge < -0.3 is 10.7 Å². The highest BCUT2D eigenvalue weighted by Crippen LogP contribution is 2.34. The Kier molecular flexibility index (Phi) is 4.30. The molecule has 6 nitrogen and oxygen atoms in total. The number of aromatic amines is 1. The lowest BCUT2D eigenvalue weighted by molar-refractivity contribution is 0.350. The minimum absolute atomic E-state index is 0. The fourth-order valence-corrected chi connectivity index (χ4v) is 4.38. The van der Waals surface area contributed by atoms with Crippen molar-refractivity contribution >= 4 is 33.5 Å². The molecule has 0 spiro atoms. The number of aromatic nitrogens is 2. The highest BCUT2D eigenvalue weighted by molar-refractivity contribution is 7.89. The Labute approximate surface area is 130 Å². The van der Waals surface area contributed by atoms with Crippen molar-refractivity contribution in [1.82, 2.24) is 14.3 Å². The smallest absolute Gasteiger partial charge is 0.245 e. The zero-order valence-corrected chi connectivity index (χ0v) is 13.4. The van der Waals surface area contributed by atoms with Gasteiger partial charge in [0, 0.05) is 30.9 Å². The van der Waals surface area contributed by atoms with Gasteiger partial charge in [-0.2, -0.15) is 4.31 Å². The van der Waals surface area contributed by atoms with Gasteiger partial charge in [-0.1, -0.05) is 6.92 Å². The van der Waals surface area contributed by atoms with Gasteiger partial charge in [-0.25, -0.2) is 13.4 Å². The lowest BCUT2D eigenvalue weighted by atomic mass is 9.90. The maximum Gasteiger partial charge on any atom is 0.245 e. The van der Waals surface area contributed by atoms with E-state index < -0.39 is 10.0 Å². The van der Waals surface area contributed by atoms with Crippen LogP contribution in [-0.2, 0) is 10.0 Å². The van der Waals surface area contributed by atoms with E-state index in [9.17, 15) is 8.42 Å². The van der Waals surface area contributed by atoms with E-state index in [0.717, 1.165) is 6.42 Å². The van der Waals surface area contributed by atoms with Gasteiger partial charge in [0.25, 0.3) is 0 Å². The second kappa shape index (κ2) is 5.57. The molecule has 0 bridgehead atoms. The van der Waals surface area contributed by atoms with Crippen LogP contribution in [0.5, 0.6) is 0 Å². The first kappa shape index (κ1) is 16.2. The van der Waals surface area contributed by atoms with Crippen LogP contribution in [0.3, 0.4) is 0 Å². The van der Waals surface area contributed by atoms with Gasteiger partial charge in [0.1, 0.15) is 10.5 Å². The molecule has 2 aromatic rings. The number of halogens is 1. The summed E-state index contributed by atoms with van der Waals surface area (Å²) >= 11 is 0. The lowest BCUT2D eigenvalue weighted by Crippen LogP contribution is -2.34. The number of pyridine rings is 1. The van der Waals surface area contributed by atoms with Crippen molar-refractivity contribution in [2.24, 2.45) is 11.1 Å². The largest absolute Gasteiger partial charge is 0.345 e. The Morgan fingerprint density at radius 3 is 2.95 bits per heavy atom. The minimum atomic E-state index is -3.50. The van der Waals surface area contributed by atoms with Gasteiger partial charge in [0.2, 0.25) is 10.0 Å². The molecule has 1 saturated heterocycles. The van der Waals surface area contributed by atoms with Crippen molar-refractivity contribution in [2.75, 3.05) is 19.6 Å². The quantitative estimate of drug-likeness (QED) is 0.888. The molecular weight excluding hydrogens is 312 g/mol. The Bertz CT molecular complexity index is 745. The average Bonchev–Trinajstić information content (AvgIpc) is 3.03. The summed E-state index contributed by atoms with van der Waals surface area (Å²) in [6.45, 7) is 3.51. The zero-order chi connectivity index (χ0) is 14.4. The summed E-state index contributed by atoms with van der Waals surface area (Å²) in [5.74, 6) is 0. The molecule has 21 heavy (non-hydrogen) atoms. The van der Waals surface area contributed by atoms with E-state index in [4.69, 9.17) is 5.73 Å². The van der Waals surface area contributed by atoms with E-state index in [1.54, 1.807) is 18.3 Å². The standard InChI is InChI=1S/C13H18N4O2S.ClH/c1-13(8-14)4-6-17(9-13)20(18,19)11-7-16-12-10(11)3-2-5-15-12;/h2-3,5,7H,4,6,8-9,14H2,1H3,(H,15,16);1H. The van der Waals surface area contributed by atoms with E-state index in [0.29, 0.717) is 35.6 Å². The van der Waals surface area contributed by atoms with Gasteiger partial charge in [-0.15, -0.1) is 12.4 Å². The van der Waals surface area contributed by atoms with Crippen LogP contribution in [-0.4, -0.2) is 42.3 Å². The highest BCUT2D eigenvalue weighted by atomic mass is 35.5. The van der Waals surface area contributed by atoms with Crippen molar-refractivity contribution in [3.8, 4) is 0 Å². The van der Waals surface area contributed by atoms with Crippen LogP contribution in [0.15, 0.2) is 29.4 Å². The topological polar surface area (TPSA) is 92.1 Å². The molecule has 3 heterocycles. The third-order valence-electron chi connectivity index (χ3n) is 4.05. The first-order valence-electron chi connectivity index (χ1n) is 6.59. The summed E-state index contributed by atoms with van der Waals surface area (Å²) < 4.78 is 27.0. The van der Waals surface area contributed by atoms with Crippen LogP contribution in [0.2, 0.25) is 0 Å². The summed E-state index contributed by atoms with van der Waals surface area (Å²) in [7, 11) is -3.50. The molecule has 1 aliphatic heterocycles. The summed E-state index contributed by atoms with van der Waals surface area (Å²) in [5.41, 5.74) is 6.21. The van der Waals surface area contributed by atoms with E-state index >= 15 is 0 Å². The molecule has 0 aromatic carbocycles. The van der Waals surface area contributed by atoms with E-state index in [2.05, 4.69) is 9.97 Å². The number of nitrogens with zero attached hydrogens (tertiary/aromatic N) is 2. The fourth-order valence-electron chi connectivity index (χ4n) is 2.63. The number of nitrogens with two attached hydrogens (primary N) is 1. The van der Waals surface area contributed by atoms with Gasteiger partial charge in [0.15, 0.2) is 0 Å². The van der Waals surface area contributed by atoms with Crippen molar-refractivity contribution < 1.29 is 8.42 Å². The number of rotatable bonds is 3. The molecule has 0 amide bonds. The van der Waals surface area contributed by atoms with Crippen molar-refractivity contribution in [3.05, 3.63) is 24.5 Å². The highest BCUT2D eigenvalue weighted by Gasteiger charge is 2.39. The molecule has 3 rings (SSSR count). The molecule has 2 aromatic heterocycles. The first-order valence-corrected chi connectivity index (χ1v) is 8.03. The van der Waals surface area contributed by atoms with E-state index in [-0.39, 0.29) is 17.8 Å². The monoisotopic (exact) mass is 330 g/mol. The average molecular weight is 331 g/mol. The van der Waals surface area contributed by atoms with Crippen LogP contribution in [0.4, 0.5) is 0 Å². The molecule has 1 fully saturated rings. The number of nitrogens with one attached hydrogen (secondary N) is 1. The molecule has 116 valence electrons. The molecule has 0 aliphatic carbocycles. The van der Waals surface area contributed by atoms with Crippen molar-refractivity contribution in [2.45, 2.75) is 18.2 Å². The summed E-state index contributed by atoms with van der Waals surface area (Å²) in [6.07, 6.45) is 3.95. The number of H-pyrrole nitrogens is 1. The van der Waals surface area contributed by atoms with Gasteiger partial charge >= 0.3 is 0 Å². The molecule has 1 aliphatic rings. The van der Waals surface area contributed by atoms with E-state index in [1.165, 1.54) is 10.5 Å². The molecular formula is C13H19ClN4O2S. The van der Waals surface area contributed by atoms with Crippen LogP contribution in [0.25, 0.3) is 11.0 Å². The molecule has 1 atom stereocenters.